The molecule has 1 aromatic rings. The Bertz CT molecular complexity index is 410. The monoisotopic (exact) mass is 316 g/mol. The second-order valence-electron chi connectivity index (χ2n) is 4.84. The number of hydrogen-bond acceptors (Lipinski definition) is 2. The Hall–Kier alpha value is -0.250. The van der Waals surface area contributed by atoms with Crippen molar-refractivity contribution in [3.63, 3.8) is 0 Å². The maximum atomic E-state index is 6.11. The fraction of sp³-hybridized carbons (Fsp3) is 0.538. The number of nitrogens with zero attached hydrogens (tertiary/aromatic N) is 1. The Morgan fingerprint density at radius 3 is 2.76 bits per heavy atom. The summed E-state index contributed by atoms with van der Waals surface area (Å²) >= 11 is 9.50. The third-order valence-corrected chi connectivity index (χ3v) is 5.08. The van der Waals surface area contributed by atoms with Gasteiger partial charge in [-0.1, -0.05) is 18.5 Å². The van der Waals surface area contributed by atoms with Gasteiger partial charge in [-0.15, -0.1) is 0 Å². The summed E-state index contributed by atoms with van der Waals surface area (Å²) in [5.41, 5.74) is 7.32. The van der Waals surface area contributed by atoms with Gasteiger partial charge in [-0.3, -0.25) is 0 Å². The lowest BCUT2D eigenvalue weighted by atomic mass is 9.87. The number of nitrogens with two attached hydrogens (primary N) is 1. The molecule has 3 atom stereocenters. The van der Waals surface area contributed by atoms with Gasteiger partial charge in [0, 0.05) is 28.8 Å². The molecule has 0 radical (unpaired) electrons. The van der Waals surface area contributed by atoms with Crippen molar-refractivity contribution in [1.29, 1.82) is 0 Å². The highest BCUT2D eigenvalue weighted by Gasteiger charge is 2.30. The van der Waals surface area contributed by atoms with Gasteiger partial charge in [-0.05, 0) is 53.4 Å². The van der Waals surface area contributed by atoms with Gasteiger partial charge in [0.15, 0.2) is 0 Å². The van der Waals surface area contributed by atoms with Crippen LogP contribution in [-0.4, -0.2) is 18.6 Å². The molecule has 17 heavy (non-hydrogen) atoms. The number of rotatable bonds is 1. The highest BCUT2D eigenvalue weighted by Crippen LogP contribution is 2.32. The summed E-state index contributed by atoms with van der Waals surface area (Å²) in [7, 11) is 0. The highest BCUT2D eigenvalue weighted by molar-refractivity contribution is 9.10. The SMILES string of the molecule is CC1C(N)CCN(c2ccc(Cl)c(Br)c2)C1C. The molecule has 1 heterocycles. The first-order valence-electron chi connectivity index (χ1n) is 5.98. The standard InChI is InChI=1S/C13H18BrClN2/c1-8-9(2)17(6-5-13(8)16)10-3-4-12(15)11(14)7-10/h3-4,7-9,13H,5-6,16H2,1-2H3. The molecule has 1 aliphatic rings. The van der Waals surface area contributed by atoms with Gasteiger partial charge >= 0.3 is 0 Å². The zero-order valence-electron chi connectivity index (χ0n) is 10.2. The zero-order chi connectivity index (χ0) is 12.6. The van der Waals surface area contributed by atoms with E-state index in [0.717, 1.165) is 22.5 Å². The van der Waals surface area contributed by atoms with E-state index in [1.807, 2.05) is 6.07 Å². The summed E-state index contributed by atoms with van der Waals surface area (Å²) in [6.45, 7) is 5.49. The van der Waals surface area contributed by atoms with E-state index in [0.29, 0.717) is 18.0 Å². The average Bonchev–Trinajstić information content (AvgIpc) is 2.30. The molecule has 0 aliphatic carbocycles. The fourth-order valence-corrected chi connectivity index (χ4v) is 2.91. The Labute approximate surface area is 116 Å². The summed E-state index contributed by atoms with van der Waals surface area (Å²) in [5, 5.41) is 0.753. The van der Waals surface area contributed by atoms with E-state index < -0.39 is 0 Å². The summed E-state index contributed by atoms with van der Waals surface area (Å²) in [4.78, 5) is 2.41. The molecule has 2 rings (SSSR count). The van der Waals surface area contributed by atoms with Crippen LogP contribution in [-0.2, 0) is 0 Å². The van der Waals surface area contributed by atoms with Crippen molar-refractivity contribution in [3.05, 3.63) is 27.7 Å². The highest BCUT2D eigenvalue weighted by atomic mass is 79.9. The van der Waals surface area contributed by atoms with Gasteiger partial charge in [-0.2, -0.15) is 0 Å². The van der Waals surface area contributed by atoms with Crippen LogP contribution in [0.25, 0.3) is 0 Å². The van der Waals surface area contributed by atoms with E-state index in [1.54, 1.807) is 0 Å². The third-order valence-electron chi connectivity index (χ3n) is 3.87. The molecule has 1 aromatic carbocycles. The van der Waals surface area contributed by atoms with E-state index in [2.05, 4.69) is 46.8 Å². The van der Waals surface area contributed by atoms with E-state index in [-0.39, 0.29) is 0 Å². The Balaban J connectivity index is 2.24. The second-order valence-corrected chi connectivity index (χ2v) is 6.11. The molecule has 4 heteroatoms. The van der Waals surface area contributed by atoms with E-state index in [9.17, 15) is 0 Å². The molecule has 0 spiro atoms. The first-order chi connectivity index (χ1) is 8.00. The zero-order valence-corrected chi connectivity index (χ0v) is 12.5. The number of piperidine rings is 1. The van der Waals surface area contributed by atoms with E-state index in [1.165, 1.54) is 5.69 Å². The van der Waals surface area contributed by atoms with Crippen LogP contribution in [0.5, 0.6) is 0 Å². The molecule has 0 bridgehead atoms. The molecule has 3 unspecified atom stereocenters. The van der Waals surface area contributed by atoms with Crippen molar-refractivity contribution in [2.75, 3.05) is 11.4 Å². The summed E-state index contributed by atoms with van der Waals surface area (Å²) in [5.74, 6) is 0.512. The minimum atomic E-state index is 0.317. The predicted molar refractivity (Wildman–Crippen MR) is 77.7 cm³/mol. The number of benzene rings is 1. The minimum absolute atomic E-state index is 0.317. The van der Waals surface area contributed by atoms with Crippen molar-refractivity contribution in [1.82, 2.24) is 0 Å². The molecule has 0 amide bonds. The van der Waals surface area contributed by atoms with Gasteiger partial charge in [0.05, 0.1) is 5.02 Å². The molecule has 0 aromatic heterocycles. The van der Waals surface area contributed by atoms with Crippen molar-refractivity contribution in [2.45, 2.75) is 32.4 Å². The van der Waals surface area contributed by atoms with Gasteiger partial charge < -0.3 is 10.6 Å². The molecule has 2 N–H and O–H groups in total. The molecule has 1 aliphatic heterocycles. The molecule has 1 saturated heterocycles. The lowest BCUT2D eigenvalue weighted by Gasteiger charge is -2.43. The molecule has 0 saturated carbocycles. The van der Waals surface area contributed by atoms with Gasteiger partial charge in [-0.25, -0.2) is 0 Å². The van der Waals surface area contributed by atoms with Gasteiger partial charge in [0.2, 0.25) is 0 Å². The predicted octanol–water partition coefficient (Wildman–Crippen LogP) is 3.66. The molecule has 1 fully saturated rings. The third kappa shape index (κ3) is 2.61. The smallest absolute Gasteiger partial charge is 0.0549 e. The fourth-order valence-electron chi connectivity index (χ4n) is 2.42. The largest absolute Gasteiger partial charge is 0.368 e. The molecule has 94 valence electrons. The van der Waals surface area contributed by atoms with Crippen LogP contribution in [0.1, 0.15) is 20.3 Å². The normalized spacial score (nSPS) is 29.5. The first-order valence-corrected chi connectivity index (χ1v) is 7.15. The van der Waals surface area contributed by atoms with Crippen molar-refractivity contribution in [2.24, 2.45) is 11.7 Å². The maximum Gasteiger partial charge on any atom is 0.0549 e. The van der Waals surface area contributed by atoms with Crippen LogP contribution < -0.4 is 10.6 Å². The topological polar surface area (TPSA) is 29.3 Å². The van der Waals surface area contributed by atoms with Crippen molar-refractivity contribution >= 4 is 33.2 Å². The van der Waals surface area contributed by atoms with Gasteiger partial charge in [0.1, 0.15) is 0 Å². The Morgan fingerprint density at radius 1 is 1.41 bits per heavy atom. The maximum absolute atomic E-state index is 6.11. The molecular formula is C13H18BrClN2. The Morgan fingerprint density at radius 2 is 2.12 bits per heavy atom. The summed E-state index contributed by atoms with van der Waals surface area (Å²) < 4.78 is 0.950. The van der Waals surface area contributed by atoms with E-state index >= 15 is 0 Å². The summed E-state index contributed by atoms with van der Waals surface area (Å²) in [6, 6.07) is 6.88. The Kier molecular flexibility index (Phi) is 4.01. The minimum Gasteiger partial charge on any atom is -0.368 e. The van der Waals surface area contributed by atoms with Gasteiger partial charge in [0.25, 0.3) is 0 Å². The molecular weight excluding hydrogens is 300 g/mol. The van der Waals surface area contributed by atoms with Crippen LogP contribution >= 0.6 is 27.5 Å². The summed E-state index contributed by atoms with van der Waals surface area (Å²) in [6.07, 6.45) is 1.05. The average molecular weight is 318 g/mol. The number of hydrogen-bond donors (Lipinski definition) is 1. The van der Waals surface area contributed by atoms with Crippen molar-refractivity contribution in [3.8, 4) is 0 Å². The van der Waals surface area contributed by atoms with Crippen LogP contribution in [0, 0.1) is 5.92 Å². The quantitative estimate of drug-likeness (QED) is 0.856. The van der Waals surface area contributed by atoms with Crippen LogP contribution in [0.4, 0.5) is 5.69 Å². The van der Waals surface area contributed by atoms with Crippen LogP contribution in [0.3, 0.4) is 0 Å². The van der Waals surface area contributed by atoms with Crippen LogP contribution in [0.2, 0.25) is 5.02 Å². The number of halogens is 2. The van der Waals surface area contributed by atoms with Crippen molar-refractivity contribution < 1.29 is 0 Å². The second kappa shape index (κ2) is 5.17. The molecule has 2 nitrogen and oxygen atoms in total. The van der Waals surface area contributed by atoms with Crippen LogP contribution in [0.15, 0.2) is 22.7 Å². The lowest BCUT2D eigenvalue weighted by Crippen LogP contribution is -2.51. The number of anilines is 1. The lowest BCUT2D eigenvalue weighted by molar-refractivity contribution is 0.315. The first kappa shape index (κ1) is 13.2. The van der Waals surface area contributed by atoms with E-state index in [4.69, 9.17) is 17.3 Å².